The lowest BCUT2D eigenvalue weighted by atomic mass is 10.0. The number of carboxylic acid groups (broad SMARTS) is 1. The number of fused-ring (bicyclic) bond motifs is 1. The number of hydrogen-bond donors (Lipinski definition) is 3. The van der Waals surface area contributed by atoms with E-state index in [1.807, 2.05) is 11.0 Å². The maximum Gasteiger partial charge on any atom is 0.326 e. The van der Waals surface area contributed by atoms with Crippen LogP contribution in [0.15, 0.2) is 30.5 Å². The Bertz CT molecular complexity index is 1170. The summed E-state index contributed by atoms with van der Waals surface area (Å²) in [6.45, 7) is 3.14. The number of rotatable bonds is 16. The van der Waals surface area contributed by atoms with Crippen molar-refractivity contribution in [1.29, 1.82) is 5.26 Å². The molecule has 40 heavy (non-hydrogen) atoms. The van der Waals surface area contributed by atoms with Crippen molar-refractivity contribution in [1.82, 2.24) is 20.2 Å². The van der Waals surface area contributed by atoms with Gasteiger partial charge in [-0.1, -0.05) is 6.07 Å². The van der Waals surface area contributed by atoms with Gasteiger partial charge in [-0.15, -0.1) is 0 Å². The number of aromatic nitrogens is 2. The minimum atomic E-state index is -1.16. The summed E-state index contributed by atoms with van der Waals surface area (Å²) in [6.07, 6.45) is 5.64. The molecule has 3 heterocycles. The zero-order valence-corrected chi connectivity index (χ0v) is 23.2. The molecule has 1 amide bonds. The predicted molar refractivity (Wildman–Crippen MR) is 149 cm³/mol. The van der Waals surface area contributed by atoms with Crippen LogP contribution in [0.3, 0.4) is 0 Å². The van der Waals surface area contributed by atoms with E-state index in [4.69, 9.17) is 9.72 Å². The number of halogens is 1. The van der Waals surface area contributed by atoms with Gasteiger partial charge in [0.1, 0.15) is 24.6 Å². The number of hydrogen-bond acceptors (Lipinski definition) is 8. The van der Waals surface area contributed by atoms with Crippen molar-refractivity contribution in [3.8, 4) is 6.07 Å². The lowest BCUT2D eigenvalue weighted by molar-refractivity contribution is -0.142. The van der Waals surface area contributed by atoms with Crippen LogP contribution >= 0.6 is 0 Å². The van der Waals surface area contributed by atoms with Crippen molar-refractivity contribution < 1.29 is 23.8 Å². The number of methoxy groups -OCH3 is 1. The third kappa shape index (κ3) is 8.96. The van der Waals surface area contributed by atoms with E-state index in [1.165, 1.54) is 18.9 Å². The topological polar surface area (TPSA) is 140 Å². The summed E-state index contributed by atoms with van der Waals surface area (Å²) in [4.78, 5) is 35.7. The number of nitrogens with zero attached hydrogens (tertiary/aromatic N) is 4. The molecule has 1 aliphatic heterocycles. The molecule has 2 aromatic heterocycles. The summed E-state index contributed by atoms with van der Waals surface area (Å²) in [5, 5.41) is 25.0. The number of carbonyl (C=O) groups excluding carboxylic acids is 1. The van der Waals surface area contributed by atoms with Gasteiger partial charge < -0.3 is 25.4 Å². The van der Waals surface area contributed by atoms with Gasteiger partial charge >= 0.3 is 5.97 Å². The quantitative estimate of drug-likeness (QED) is 0.267. The fourth-order valence-electron chi connectivity index (χ4n) is 4.77. The number of aryl methyl sites for hydroxylation is 2. The average Bonchev–Trinajstić information content (AvgIpc) is 2.98. The van der Waals surface area contributed by atoms with E-state index in [0.29, 0.717) is 25.3 Å². The zero-order chi connectivity index (χ0) is 28.9. The molecule has 0 bridgehead atoms. The van der Waals surface area contributed by atoms with Crippen LogP contribution in [0.5, 0.6) is 0 Å². The molecule has 3 N–H and O–H groups in total. The van der Waals surface area contributed by atoms with Crippen LogP contribution in [0.25, 0.3) is 0 Å². The second-order valence-electron chi connectivity index (χ2n) is 10.1. The lowest BCUT2D eigenvalue weighted by Crippen LogP contribution is -2.45. The first-order valence-corrected chi connectivity index (χ1v) is 13.8. The van der Waals surface area contributed by atoms with E-state index in [1.54, 1.807) is 19.1 Å². The van der Waals surface area contributed by atoms with Crippen molar-refractivity contribution in [2.24, 2.45) is 0 Å². The van der Waals surface area contributed by atoms with Gasteiger partial charge in [0.15, 0.2) is 0 Å². The number of unbranched alkanes of at least 4 members (excludes halogenated alkanes) is 1. The molecule has 3 rings (SSSR count). The van der Waals surface area contributed by atoms with Gasteiger partial charge in [-0.2, -0.15) is 5.26 Å². The van der Waals surface area contributed by atoms with Crippen LogP contribution in [0.2, 0.25) is 0 Å². The van der Waals surface area contributed by atoms with Gasteiger partial charge in [-0.3, -0.25) is 9.78 Å². The highest BCUT2D eigenvalue weighted by molar-refractivity contribution is 5.87. The highest BCUT2D eigenvalue weighted by Crippen LogP contribution is 2.21. The normalized spacial score (nSPS) is 14.9. The minimum absolute atomic E-state index is 0.127. The third-order valence-electron chi connectivity index (χ3n) is 7.19. The molecule has 2 aromatic rings. The maximum absolute atomic E-state index is 13.4. The van der Waals surface area contributed by atoms with E-state index in [2.05, 4.69) is 27.8 Å². The average molecular weight is 555 g/mol. The molecule has 0 aliphatic carbocycles. The molecular formula is C29H39FN6O4. The van der Waals surface area contributed by atoms with Crippen molar-refractivity contribution >= 4 is 17.7 Å². The molecule has 10 nitrogen and oxygen atoms in total. The minimum Gasteiger partial charge on any atom is -0.480 e. The molecule has 1 aliphatic rings. The fourth-order valence-corrected chi connectivity index (χ4v) is 4.77. The first-order valence-electron chi connectivity index (χ1n) is 13.8. The molecule has 0 saturated carbocycles. The lowest BCUT2D eigenvalue weighted by Gasteiger charge is -2.27. The second kappa shape index (κ2) is 15.8. The number of nitrogens with one attached hydrogen (secondary N) is 2. The maximum atomic E-state index is 13.4. The number of anilines is 1. The van der Waals surface area contributed by atoms with Gasteiger partial charge in [0.05, 0.1) is 23.3 Å². The van der Waals surface area contributed by atoms with Crippen LogP contribution < -0.4 is 10.6 Å². The SMILES string of the molecule is COC(CF)CN(CCCCc1ccc2c(n1)NCCC2)CCC(NC(=O)C(C)c1ncccc1C#N)C(=O)O. The molecule has 0 fully saturated rings. The van der Waals surface area contributed by atoms with Gasteiger partial charge in [0.25, 0.3) is 0 Å². The van der Waals surface area contributed by atoms with Gasteiger partial charge in [0, 0.05) is 38.6 Å². The van der Waals surface area contributed by atoms with E-state index >= 15 is 0 Å². The first kappa shape index (κ1) is 30.9. The number of nitriles is 1. The predicted octanol–water partition coefficient (Wildman–Crippen LogP) is 3.08. The van der Waals surface area contributed by atoms with E-state index in [0.717, 1.165) is 50.2 Å². The number of ether oxygens (including phenoxy) is 1. The van der Waals surface area contributed by atoms with Crippen LogP contribution in [0.4, 0.5) is 10.2 Å². The number of alkyl halides is 1. The summed E-state index contributed by atoms with van der Waals surface area (Å²) >= 11 is 0. The molecule has 216 valence electrons. The zero-order valence-electron chi connectivity index (χ0n) is 23.2. The summed E-state index contributed by atoms with van der Waals surface area (Å²) in [5.41, 5.74) is 2.83. The van der Waals surface area contributed by atoms with Crippen LogP contribution in [0, 0.1) is 11.3 Å². The second-order valence-corrected chi connectivity index (χ2v) is 10.1. The van der Waals surface area contributed by atoms with E-state index in [9.17, 15) is 24.3 Å². The monoisotopic (exact) mass is 554 g/mol. The fraction of sp³-hybridized carbons (Fsp3) is 0.552. The van der Waals surface area contributed by atoms with Crippen LogP contribution in [-0.2, 0) is 27.2 Å². The highest BCUT2D eigenvalue weighted by Gasteiger charge is 2.27. The molecule has 11 heteroatoms. The van der Waals surface area contributed by atoms with Crippen molar-refractivity contribution in [2.45, 2.75) is 63.5 Å². The number of pyridine rings is 2. The largest absolute Gasteiger partial charge is 0.480 e. The molecule has 0 saturated heterocycles. The highest BCUT2D eigenvalue weighted by atomic mass is 19.1. The third-order valence-corrected chi connectivity index (χ3v) is 7.19. The molecule has 0 radical (unpaired) electrons. The van der Waals surface area contributed by atoms with Crippen LogP contribution in [-0.4, -0.2) is 84.0 Å². The number of amides is 1. The molecule has 3 unspecified atom stereocenters. The summed E-state index contributed by atoms with van der Waals surface area (Å²) in [5.74, 6) is -1.52. The smallest absolute Gasteiger partial charge is 0.326 e. The molecule has 0 aromatic carbocycles. The summed E-state index contributed by atoms with van der Waals surface area (Å²) in [6, 6.07) is 8.23. The Balaban J connectivity index is 1.56. The Hall–Kier alpha value is -3.62. The number of aliphatic carboxylic acids is 1. The van der Waals surface area contributed by atoms with Crippen molar-refractivity contribution in [3.05, 3.63) is 53.0 Å². The number of carboxylic acids is 1. The van der Waals surface area contributed by atoms with E-state index in [-0.39, 0.29) is 12.0 Å². The molecule has 0 spiro atoms. The standard InChI is InChI=1S/C29H39FN6O4/c1-20(26-22(18-31)8-6-13-32-26)28(37)35-25(29(38)39)12-16-36(19-24(17-30)40-2)15-4-3-9-23-11-10-21-7-5-14-33-27(21)34-23/h6,8,10-11,13,20,24-25H,3-5,7,9,12,14-17,19H2,1-2H3,(H,33,34)(H,35,37)(H,38,39). The van der Waals surface area contributed by atoms with E-state index < -0.39 is 36.6 Å². The molecule has 3 atom stereocenters. The Morgan fingerprint density at radius 2 is 2.12 bits per heavy atom. The van der Waals surface area contributed by atoms with Gasteiger partial charge in [-0.25, -0.2) is 14.2 Å². The van der Waals surface area contributed by atoms with Crippen molar-refractivity contribution in [3.63, 3.8) is 0 Å². The van der Waals surface area contributed by atoms with Crippen LogP contribution in [0.1, 0.15) is 61.0 Å². The Morgan fingerprint density at radius 1 is 1.30 bits per heavy atom. The summed E-state index contributed by atoms with van der Waals surface area (Å²) in [7, 11) is 1.45. The van der Waals surface area contributed by atoms with Gasteiger partial charge in [0.2, 0.25) is 5.91 Å². The first-order chi connectivity index (χ1) is 19.4. The number of carbonyl (C=O) groups is 2. The molecular weight excluding hydrogens is 515 g/mol. The Morgan fingerprint density at radius 3 is 2.85 bits per heavy atom. The van der Waals surface area contributed by atoms with Crippen molar-refractivity contribution in [2.75, 3.05) is 45.3 Å². The Kier molecular flexibility index (Phi) is 12.2. The summed E-state index contributed by atoms with van der Waals surface area (Å²) < 4.78 is 18.7. The van der Waals surface area contributed by atoms with Gasteiger partial charge in [-0.05, 0) is 75.8 Å². The Labute approximate surface area is 235 Å².